The van der Waals surface area contributed by atoms with Crippen molar-refractivity contribution in [2.75, 3.05) is 20.3 Å². The zero-order chi connectivity index (χ0) is 12.8. The lowest BCUT2D eigenvalue weighted by molar-refractivity contribution is -0.301. The van der Waals surface area contributed by atoms with Crippen LogP contribution >= 0.6 is 0 Å². The van der Waals surface area contributed by atoms with Gasteiger partial charge in [0, 0.05) is 13.7 Å². The Morgan fingerprint density at radius 3 is 2.47 bits per heavy atom. The molecule has 1 aliphatic rings. The molecule has 6 heteroatoms. The van der Waals surface area contributed by atoms with E-state index in [1.54, 1.807) is 0 Å². The summed E-state index contributed by atoms with van der Waals surface area (Å²) in [6, 6.07) is 0. The number of hydrogen-bond donors (Lipinski definition) is 3. The molecule has 3 N–H and O–H groups in total. The van der Waals surface area contributed by atoms with Crippen molar-refractivity contribution in [1.29, 1.82) is 0 Å². The maximum Gasteiger partial charge on any atom is 0.186 e. The smallest absolute Gasteiger partial charge is 0.186 e. The summed E-state index contributed by atoms with van der Waals surface area (Å²) < 4.78 is 15.6. The Labute approximate surface area is 101 Å². The van der Waals surface area contributed by atoms with Crippen LogP contribution in [0.3, 0.4) is 0 Å². The van der Waals surface area contributed by atoms with Crippen molar-refractivity contribution < 1.29 is 29.5 Å². The van der Waals surface area contributed by atoms with Crippen molar-refractivity contribution in [3.63, 3.8) is 0 Å². The van der Waals surface area contributed by atoms with Crippen molar-refractivity contribution in [3.8, 4) is 0 Å². The fourth-order valence-electron chi connectivity index (χ4n) is 1.81. The third kappa shape index (κ3) is 3.61. The highest BCUT2D eigenvalue weighted by Gasteiger charge is 2.45. The Balaban J connectivity index is 2.61. The highest BCUT2D eigenvalue weighted by Crippen LogP contribution is 2.24. The van der Waals surface area contributed by atoms with Crippen molar-refractivity contribution in [1.82, 2.24) is 0 Å². The zero-order valence-corrected chi connectivity index (χ0v) is 10.3. The van der Waals surface area contributed by atoms with Crippen LogP contribution in [0.5, 0.6) is 0 Å². The van der Waals surface area contributed by atoms with E-state index in [9.17, 15) is 10.2 Å². The average Bonchev–Trinajstić information content (AvgIpc) is 2.34. The fraction of sp³-hybridized carbons (Fsp3) is 1.00. The molecule has 0 saturated carbocycles. The molecule has 0 spiro atoms. The van der Waals surface area contributed by atoms with Crippen LogP contribution in [-0.4, -0.2) is 66.3 Å². The maximum absolute atomic E-state index is 9.90. The summed E-state index contributed by atoms with van der Waals surface area (Å²) in [7, 11) is 1.39. The second kappa shape index (κ2) is 7.25. The number of aliphatic hydroxyl groups is 3. The van der Waals surface area contributed by atoms with Gasteiger partial charge in [-0.1, -0.05) is 13.3 Å². The van der Waals surface area contributed by atoms with Gasteiger partial charge < -0.3 is 29.5 Å². The quantitative estimate of drug-likeness (QED) is 0.538. The van der Waals surface area contributed by atoms with Crippen LogP contribution in [0.15, 0.2) is 0 Å². The predicted octanol–water partition coefficient (Wildman–Crippen LogP) is -0.743. The summed E-state index contributed by atoms with van der Waals surface area (Å²) in [5.41, 5.74) is 0. The minimum absolute atomic E-state index is 0.346. The van der Waals surface area contributed by atoms with E-state index in [-0.39, 0.29) is 6.61 Å². The Hall–Kier alpha value is -0.240. The molecule has 0 aliphatic carbocycles. The highest BCUT2D eigenvalue weighted by atomic mass is 16.7. The molecule has 1 saturated heterocycles. The van der Waals surface area contributed by atoms with Gasteiger partial charge in [-0.3, -0.25) is 0 Å². The third-order valence-corrected chi connectivity index (χ3v) is 2.86. The molecule has 17 heavy (non-hydrogen) atoms. The molecular formula is C11H22O6. The topological polar surface area (TPSA) is 88.4 Å². The van der Waals surface area contributed by atoms with E-state index in [4.69, 9.17) is 19.3 Å². The molecule has 0 aromatic heterocycles. The summed E-state index contributed by atoms with van der Waals surface area (Å²) in [6.45, 7) is 2.12. The van der Waals surface area contributed by atoms with Gasteiger partial charge >= 0.3 is 0 Å². The summed E-state index contributed by atoms with van der Waals surface area (Å²) in [6.07, 6.45) is -2.78. The van der Waals surface area contributed by atoms with Gasteiger partial charge in [-0.05, 0) is 6.42 Å². The number of ether oxygens (including phenoxy) is 3. The molecule has 5 atom stereocenters. The molecule has 0 unspecified atom stereocenters. The van der Waals surface area contributed by atoms with Gasteiger partial charge in [-0.25, -0.2) is 0 Å². The molecule has 1 heterocycles. The van der Waals surface area contributed by atoms with Gasteiger partial charge in [-0.2, -0.15) is 0 Å². The van der Waals surface area contributed by atoms with Gasteiger partial charge in [-0.15, -0.1) is 0 Å². The van der Waals surface area contributed by atoms with Crippen LogP contribution < -0.4 is 0 Å². The van der Waals surface area contributed by atoms with E-state index in [2.05, 4.69) is 0 Å². The van der Waals surface area contributed by atoms with Gasteiger partial charge in [0.2, 0.25) is 0 Å². The average molecular weight is 250 g/mol. The number of methoxy groups -OCH3 is 1. The van der Waals surface area contributed by atoms with Crippen molar-refractivity contribution in [2.24, 2.45) is 0 Å². The summed E-state index contributed by atoms with van der Waals surface area (Å²) in [5.74, 6) is 0. The number of aliphatic hydroxyl groups excluding tert-OH is 3. The van der Waals surface area contributed by atoms with Crippen LogP contribution in [0.4, 0.5) is 0 Å². The molecule has 0 aromatic rings. The zero-order valence-electron chi connectivity index (χ0n) is 10.3. The van der Waals surface area contributed by atoms with E-state index in [1.807, 2.05) is 6.92 Å². The first-order valence-corrected chi connectivity index (χ1v) is 5.92. The Bertz CT molecular complexity index is 196. The summed E-state index contributed by atoms with van der Waals surface area (Å²) in [5, 5.41) is 28.9. The number of rotatable bonds is 6. The van der Waals surface area contributed by atoms with Crippen LogP contribution in [0.1, 0.15) is 19.8 Å². The lowest BCUT2D eigenvalue weighted by Crippen LogP contribution is -2.59. The second-order valence-electron chi connectivity index (χ2n) is 4.13. The standard InChI is InChI=1S/C11H22O6/c1-3-4-5-16-10-8(13)7(6-12)17-11(15-2)9(10)14/h7-14H,3-6H2,1-2H3/t7-,8-,9+,10-,11+/m1/s1. The van der Waals surface area contributed by atoms with E-state index < -0.39 is 30.7 Å². The largest absolute Gasteiger partial charge is 0.394 e. The maximum atomic E-state index is 9.90. The SMILES string of the molecule is CCCCO[C@H]1[C@H](O)[C@@H](OC)O[C@H](CO)[C@H]1O. The van der Waals surface area contributed by atoms with Crippen molar-refractivity contribution in [2.45, 2.75) is 50.5 Å². The van der Waals surface area contributed by atoms with Gasteiger partial charge in [0.1, 0.15) is 24.4 Å². The second-order valence-corrected chi connectivity index (χ2v) is 4.13. The van der Waals surface area contributed by atoms with E-state index >= 15 is 0 Å². The summed E-state index contributed by atoms with van der Waals surface area (Å²) in [4.78, 5) is 0. The van der Waals surface area contributed by atoms with Crippen molar-refractivity contribution in [3.05, 3.63) is 0 Å². The van der Waals surface area contributed by atoms with E-state index in [1.165, 1.54) is 7.11 Å². The minimum Gasteiger partial charge on any atom is -0.394 e. The van der Waals surface area contributed by atoms with Gasteiger partial charge in [0.25, 0.3) is 0 Å². The molecule has 0 radical (unpaired) electrons. The van der Waals surface area contributed by atoms with Gasteiger partial charge in [0.05, 0.1) is 6.61 Å². The molecule has 0 bridgehead atoms. The lowest BCUT2D eigenvalue weighted by atomic mass is 9.99. The lowest BCUT2D eigenvalue weighted by Gasteiger charge is -2.41. The number of hydrogen-bond acceptors (Lipinski definition) is 6. The molecule has 1 rings (SSSR count). The first-order chi connectivity index (χ1) is 8.15. The van der Waals surface area contributed by atoms with Crippen LogP contribution in [0.25, 0.3) is 0 Å². The summed E-state index contributed by atoms with van der Waals surface area (Å²) >= 11 is 0. The van der Waals surface area contributed by atoms with Crippen molar-refractivity contribution >= 4 is 0 Å². The number of unbranched alkanes of at least 4 members (excludes halogenated alkanes) is 1. The molecular weight excluding hydrogens is 228 g/mol. The van der Waals surface area contributed by atoms with Crippen LogP contribution in [0.2, 0.25) is 0 Å². The molecule has 0 amide bonds. The molecule has 1 aliphatic heterocycles. The molecule has 6 nitrogen and oxygen atoms in total. The third-order valence-electron chi connectivity index (χ3n) is 2.86. The fourth-order valence-corrected chi connectivity index (χ4v) is 1.81. The molecule has 0 aromatic carbocycles. The van der Waals surface area contributed by atoms with Crippen LogP contribution in [-0.2, 0) is 14.2 Å². The highest BCUT2D eigenvalue weighted by molar-refractivity contribution is 4.90. The minimum atomic E-state index is -1.06. The van der Waals surface area contributed by atoms with E-state index in [0.717, 1.165) is 12.8 Å². The first-order valence-electron chi connectivity index (χ1n) is 5.92. The van der Waals surface area contributed by atoms with Crippen LogP contribution in [0, 0.1) is 0 Å². The van der Waals surface area contributed by atoms with Gasteiger partial charge in [0.15, 0.2) is 6.29 Å². The normalized spacial score (nSPS) is 38.3. The Morgan fingerprint density at radius 1 is 1.24 bits per heavy atom. The molecule has 1 fully saturated rings. The predicted molar refractivity (Wildman–Crippen MR) is 59.4 cm³/mol. The Morgan fingerprint density at radius 2 is 1.94 bits per heavy atom. The van der Waals surface area contributed by atoms with E-state index in [0.29, 0.717) is 6.61 Å². The molecule has 102 valence electrons. The Kier molecular flexibility index (Phi) is 6.32. The monoisotopic (exact) mass is 250 g/mol. The first kappa shape index (κ1) is 14.8.